The van der Waals surface area contributed by atoms with Crippen LogP contribution in [0.3, 0.4) is 0 Å². The lowest BCUT2D eigenvalue weighted by atomic mass is 9.97. The van der Waals surface area contributed by atoms with E-state index in [0.29, 0.717) is 16.1 Å². The highest BCUT2D eigenvalue weighted by molar-refractivity contribution is 9.10. The predicted molar refractivity (Wildman–Crippen MR) is 86.5 cm³/mol. The molecule has 20 heavy (non-hydrogen) atoms. The van der Waals surface area contributed by atoms with Gasteiger partial charge in [-0.05, 0) is 29.0 Å². The van der Waals surface area contributed by atoms with Gasteiger partial charge in [-0.2, -0.15) is 0 Å². The van der Waals surface area contributed by atoms with Gasteiger partial charge in [-0.25, -0.2) is 0 Å². The Hall–Kier alpha value is -1.64. The monoisotopic (exact) mass is 344 g/mol. The Morgan fingerprint density at radius 2 is 1.65 bits per heavy atom. The molecule has 0 saturated carbocycles. The number of halogens is 2. The van der Waals surface area contributed by atoms with E-state index in [-0.39, 0.29) is 5.78 Å². The molecule has 0 atom stereocenters. The van der Waals surface area contributed by atoms with E-state index in [9.17, 15) is 4.79 Å². The number of ketones is 1. The summed E-state index contributed by atoms with van der Waals surface area (Å²) in [5.74, 6) is -0.0619. The molecule has 0 aliphatic carbocycles. The van der Waals surface area contributed by atoms with Crippen LogP contribution in [0, 0.1) is 0 Å². The first-order chi connectivity index (χ1) is 9.66. The summed E-state index contributed by atoms with van der Waals surface area (Å²) >= 11 is 9.53. The largest absolute Gasteiger partial charge is 0.289 e. The van der Waals surface area contributed by atoms with E-state index in [4.69, 9.17) is 11.6 Å². The van der Waals surface area contributed by atoms with Crippen LogP contribution in [-0.2, 0) is 0 Å². The zero-order valence-corrected chi connectivity index (χ0v) is 12.8. The smallest absolute Gasteiger partial charge is 0.195 e. The van der Waals surface area contributed by atoms with Crippen molar-refractivity contribution in [3.8, 4) is 0 Å². The molecule has 0 fully saturated rings. The Morgan fingerprint density at radius 1 is 0.900 bits per heavy atom. The molecule has 0 bridgehead atoms. The summed E-state index contributed by atoms with van der Waals surface area (Å²) in [6.07, 6.45) is 0. The lowest BCUT2D eigenvalue weighted by molar-refractivity contribution is 0.104. The molecule has 0 N–H and O–H groups in total. The van der Waals surface area contributed by atoms with E-state index in [1.807, 2.05) is 48.5 Å². The zero-order chi connectivity index (χ0) is 14.1. The maximum atomic E-state index is 12.7. The molecule has 0 radical (unpaired) electrons. The second-order valence-corrected chi connectivity index (χ2v) is 5.80. The highest BCUT2D eigenvalue weighted by Crippen LogP contribution is 2.27. The van der Waals surface area contributed by atoms with Crippen molar-refractivity contribution in [3.63, 3.8) is 0 Å². The van der Waals surface area contributed by atoms with Crippen molar-refractivity contribution in [1.82, 2.24) is 0 Å². The van der Waals surface area contributed by atoms with E-state index in [0.717, 1.165) is 15.2 Å². The van der Waals surface area contributed by atoms with Gasteiger partial charge in [0, 0.05) is 15.6 Å². The van der Waals surface area contributed by atoms with E-state index in [1.54, 1.807) is 12.1 Å². The first kappa shape index (κ1) is 13.3. The average Bonchev–Trinajstić information content (AvgIpc) is 2.48. The van der Waals surface area contributed by atoms with Gasteiger partial charge >= 0.3 is 0 Å². The summed E-state index contributed by atoms with van der Waals surface area (Å²) in [7, 11) is 0. The maximum absolute atomic E-state index is 12.7. The molecule has 0 aromatic heterocycles. The molecule has 3 rings (SSSR count). The molecule has 3 heteroatoms. The molecule has 3 aromatic rings. The molecule has 3 aromatic carbocycles. The van der Waals surface area contributed by atoms with Crippen molar-refractivity contribution in [2.45, 2.75) is 0 Å². The van der Waals surface area contributed by atoms with Crippen molar-refractivity contribution in [3.05, 3.63) is 81.3 Å². The van der Waals surface area contributed by atoms with Crippen LogP contribution in [0.15, 0.2) is 65.1 Å². The van der Waals surface area contributed by atoms with E-state index >= 15 is 0 Å². The van der Waals surface area contributed by atoms with Gasteiger partial charge in [0.05, 0.1) is 5.02 Å². The molecule has 0 spiro atoms. The highest BCUT2D eigenvalue weighted by atomic mass is 79.9. The SMILES string of the molecule is O=C(c1cc(Br)ccc1Cl)c1cccc2ccccc12. The van der Waals surface area contributed by atoms with E-state index in [1.165, 1.54) is 0 Å². The Kier molecular flexibility index (Phi) is 3.60. The van der Waals surface area contributed by atoms with Crippen molar-refractivity contribution in [1.29, 1.82) is 0 Å². The van der Waals surface area contributed by atoms with Crippen LogP contribution in [0.1, 0.15) is 15.9 Å². The summed E-state index contributed by atoms with van der Waals surface area (Å²) in [4.78, 5) is 12.7. The van der Waals surface area contributed by atoms with Crippen LogP contribution in [0.2, 0.25) is 5.02 Å². The Morgan fingerprint density at radius 3 is 2.50 bits per heavy atom. The number of rotatable bonds is 2. The van der Waals surface area contributed by atoms with Crippen molar-refractivity contribution in [2.75, 3.05) is 0 Å². The number of benzene rings is 3. The lowest BCUT2D eigenvalue weighted by Gasteiger charge is -2.07. The molecule has 0 aliphatic heterocycles. The zero-order valence-electron chi connectivity index (χ0n) is 10.4. The van der Waals surface area contributed by atoms with Gasteiger partial charge in [-0.3, -0.25) is 4.79 Å². The molecule has 0 heterocycles. The second kappa shape index (κ2) is 5.39. The van der Waals surface area contributed by atoms with Crippen LogP contribution < -0.4 is 0 Å². The minimum atomic E-state index is -0.0619. The van der Waals surface area contributed by atoms with Crippen LogP contribution in [0.4, 0.5) is 0 Å². The summed E-state index contributed by atoms with van der Waals surface area (Å²) in [5, 5.41) is 2.45. The highest BCUT2D eigenvalue weighted by Gasteiger charge is 2.15. The van der Waals surface area contributed by atoms with Crippen LogP contribution in [0.5, 0.6) is 0 Å². The van der Waals surface area contributed by atoms with Crippen molar-refractivity contribution < 1.29 is 4.79 Å². The third-order valence-electron chi connectivity index (χ3n) is 3.21. The number of hydrogen-bond acceptors (Lipinski definition) is 1. The normalized spacial score (nSPS) is 10.7. The van der Waals surface area contributed by atoms with Gasteiger partial charge in [-0.15, -0.1) is 0 Å². The summed E-state index contributed by atoms with van der Waals surface area (Å²) in [5.41, 5.74) is 1.18. The van der Waals surface area contributed by atoms with Crippen LogP contribution in [0.25, 0.3) is 10.8 Å². The van der Waals surface area contributed by atoms with Gasteiger partial charge < -0.3 is 0 Å². The molecule has 0 aliphatic rings. The minimum Gasteiger partial charge on any atom is -0.289 e. The molecule has 0 unspecified atom stereocenters. The lowest BCUT2D eigenvalue weighted by Crippen LogP contribution is -2.03. The molecule has 0 amide bonds. The Labute approximate surface area is 130 Å². The Balaban J connectivity index is 2.20. The average molecular weight is 346 g/mol. The number of fused-ring (bicyclic) bond motifs is 1. The fraction of sp³-hybridized carbons (Fsp3) is 0. The number of carbonyl (C=O) groups excluding carboxylic acids is 1. The summed E-state index contributed by atoms with van der Waals surface area (Å²) in [6.45, 7) is 0. The maximum Gasteiger partial charge on any atom is 0.195 e. The number of carbonyl (C=O) groups is 1. The fourth-order valence-corrected chi connectivity index (χ4v) is 2.80. The second-order valence-electron chi connectivity index (χ2n) is 4.48. The Bertz CT molecular complexity index is 806. The van der Waals surface area contributed by atoms with E-state index in [2.05, 4.69) is 15.9 Å². The molecule has 1 nitrogen and oxygen atoms in total. The van der Waals surface area contributed by atoms with Crippen molar-refractivity contribution >= 4 is 44.1 Å². The van der Waals surface area contributed by atoms with Gasteiger partial charge in [-0.1, -0.05) is 70.0 Å². The van der Waals surface area contributed by atoms with Crippen LogP contribution in [-0.4, -0.2) is 5.78 Å². The third-order valence-corrected chi connectivity index (χ3v) is 4.03. The van der Waals surface area contributed by atoms with E-state index < -0.39 is 0 Å². The fourth-order valence-electron chi connectivity index (χ4n) is 2.24. The van der Waals surface area contributed by atoms with Gasteiger partial charge in [0.1, 0.15) is 0 Å². The first-order valence-electron chi connectivity index (χ1n) is 6.14. The molecule has 0 saturated heterocycles. The molecule has 98 valence electrons. The minimum absolute atomic E-state index is 0.0619. The topological polar surface area (TPSA) is 17.1 Å². The molecular formula is C17H10BrClO. The standard InChI is InChI=1S/C17H10BrClO/c18-12-8-9-16(19)15(10-12)17(20)14-7-3-5-11-4-1-2-6-13(11)14/h1-10H. The predicted octanol–water partition coefficient (Wildman–Crippen LogP) is 5.49. The first-order valence-corrected chi connectivity index (χ1v) is 7.31. The van der Waals surface area contributed by atoms with Gasteiger partial charge in [0.15, 0.2) is 5.78 Å². The third kappa shape index (κ3) is 2.37. The van der Waals surface area contributed by atoms with Crippen LogP contribution >= 0.6 is 27.5 Å². The van der Waals surface area contributed by atoms with Crippen molar-refractivity contribution in [2.24, 2.45) is 0 Å². The quantitative estimate of drug-likeness (QED) is 0.562. The summed E-state index contributed by atoms with van der Waals surface area (Å²) in [6, 6.07) is 18.9. The summed E-state index contributed by atoms with van der Waals surface area (Å²) < 4.78 is 0.838. The van der Waals surface area contributed by atoms with Gasteiger partial charge in [0.25, 0.3) is 0 Å². The van der Waals surface area contributed by atoms with Gasteiger partial charge in [0.2, 0.25) is 0 Å². The number of hydrogen-bond donors (Lipinski definition) is 0. The molecular weight excluding hydrogens is 336 g/mol.